The van der Waals surface area contributed by atoms with Crippen LogP contribution < -0.4 is 4.74 Å². The molecule has 1 aromatic carbocycles. The maximum Gasteiger partial charge on any atom is 0.306 e. The fourth-order valence-corrected chi connectivity index (χ4v) is 2.18. The van der Waals surface area contributed by atoms with E-state index in [-0.39, 0.29) is 5.92 Å². The Morgan fingerprint density at radius 2 is 1.94 bits per heavy atom. The third-order valence-corrected chi connectivity index (χ3v) is 3.68. The molecule has 0 aliphatic carbocycles. The standard InChI is InChI=1S/C15H22O3/c1-9(15(16)17)6-7-13-10(2)8-14(18-5)12(4)11(13)3/h8-9H,6-7H2,1-5H3,(H,16,17). The fourth-order valence-electron chi connectivity index (χ4n) is 2.18. The first-order valence-electron chi connectivity index (χ1n) is 6.25. The molecule has 1 aromatic rings. The Morgan fingerprint density at radius 1 is 1.33 bits per heavy atom. The fraction of sp³-hybridized carbons (Fsp3) is 0.533. The molecule has 18 heavy (non-hydrogen) atoms. The number of aliphatic carboxylic acids is 1. The monoisotopic (exact) mass is 250 g/mol. The maximum atomic E-state index is 10.8. The number of hydrogen-bond donors (Lipinski definition) is 1. The number of rotatable bonds is 5. The first-order valence-corrected chi connectivity index (χ1v) is 6.25. The second-order valence-electron chi connectivity index (χ2n) is 4.90. The van der Waals surface area contributed by atoms with Crippen molar-refractivity contribution in [1.82, 2.24) is 0 Å². The first kappa shape index (κ1) is 14.6. The van der Waals surface area contributed by atoms with Crippen LogP contribution in [0.5, 0.6) is 5.75 Å². The van der Waals surface area contributed by atoms with E-state index in [4.69, 9.17) is 9.84 Å². The van der Waals surface area contributed by atoms with Crippen LogP contribution in [0.1, 0.15) is 35.6 Å². The SMILES string of the molecule is COc1cc(C)c(CCC(C)C(=O)O)c(C)c1C. The molecular formula is C15H22O3. The van der Waals surface area contributed by atoms with Crippen molar-refractivity contribution in [3.8, 4) is 5.75 Å². The van der Waals surface area contributed by atoms with Crippen LogP contribution >= 0.6 is 0 Å². The van der Waals surface area contributed by atoms with E-state index in [1.165, 1.54) is 16.7 Å². The number of ether oxygens (including phenoxy) is 1. The van der Waals surface area contributed by atoms with Crippen LogP contribution in [0.4, 0.5) is 0 Å². The topological polar surface area (TPSA) is 46.5 Å². The second kappa shape index (κ2) is 5.89. The highest BCUT2D eigenvalue weighted by atomic mass is 16.5. The number of aryl methyl sites for hydroxylation is 1. The van der Waals surface area contributed by atoms with Gasteiger partial charge < -0.3 is 9.84 Å². The van der Waals surface area contributed by atoms with Crippen LogP contribution in [-0.2, 0) is 11.2 Å². The van der Waals surface area contributed by atoms with Crippen LogP contribution in [0.3, 0.4) is 0 Å². The minimum atomic E-state index is -0.726. The van der Waals surface area contributed by atoms with Gasteiger partial charge in [-0.25, -0.2) is 0 Å². The molecule has 0 fully saturated rings. The average Bonchev–Trinajstić information content (AvgIpc) is 2.33. The Bertz CT molecular complexity index is 450. The van der Waals surface area contributed by atoms with Gasteiger partial charge in [0.1, 0.15) is 5.75 Å². The van der Waals surface area contributed by atoms with Crippen molar-refractivity contribution in [1.29, 1.82) is 0 Å². The van der Waals surface area contributed by atoms with Crippen LogP contribution in [0.15, 0.2) is 6.07 Å². The highest BCUT2D eigenvalue weighted by Crippen LogP contribution is 2.28. The zero-order valence-electron chi connectivity index (χ0n) is 11.8. The normalized spacial score (nSPS) is 12.3. The van der Waals surface area contributed by atoms with Crippen molar-refractivity contribution in [2.75, 3.05) is 7.11 Å². The quantitative estimate of drug-likeness (QED) is 0.872. The summed E-state index contributed by atoms with van der Waals surface area (Å²) >= 11 is 0. The van der Waals surface area contributed by atoms with Crippen molar-refractivity contribution < 1.29 is 14.6 Å². The van der Waals surface area contributed by atoms with Crippen molar-refractivity contribution in [3.63, 3.8) is 0 Å². The number of hydrogen-bond acceptors (Lipinski definition) is 2. The summed E-state index contributed by atoms with van der Waals surface area (Å²) in [6.45, 7) is 7.92. The minimum absolute atomic E-state index is 0.300. The number of carbonyl (C=O) groups is 1. The lowest BCUT2D eigenvalue weighted by atomic mass is 9.91. The molecule has 0 aliphatic rings. The lowest BCUT2D eigenvalue weighted by molar-refractivity contribution is -0.141. The van der Waals surface area contributed by atoms with Crippen molar-refractivity contribution in [2.24, 2.45) is 5.92 Å². The van der Waals surface area contributed by atoms with Gasteiger partial charge in [-0.2, -0.15) is 0 Å². The van der Waals surface area contributed by atoms with Gasteiger partial charge in [0.05, 0.1) is 13.0 Å². The molecule has 0 spiro atoms. The third-order valence-electron chi connectivity index (χ3n) is 3.68. The maximum absolute atomic E-state index is 10.8. The van der Waals surface area contributed by atoms with Gasteiger partial charge in [0.15, 0.2) is 0 Å². The van der Waals surface area contributed by atoms with E-state index in [0.29, 0.717) is 6.42 Å². The first-order chi connectivity index (χ1) is 8.38. The van der Waals surface area contributed by atoms with Gasteiger partial charge in [0, 0.05) is 0 Å². The summed E-state index contributed by atoms with van der Waals surface area (Å²) < 4.78 is 5.33. The van der Waals surface area contributed by atoms with Gasteiger partial charge >= 0.3 is 5.97 Å². The summed E-state index contributed by atoms with van der Waals surface area (Å²) in [4.78, 5) is 10.8. The van der Waals surface area contributed by atoms with E-state index in [1.54, 1.807) is 14.0 Å². The van der Waals surface area contributed by atoms with Crippen LogP contribution in [0.2, 0.25) is 0 Å². The van der Waals surface area contributed by atoms with E-state index >= 15 is 0 Å². The van der Waals surface area contributed by atoms with E-state index in [2.05, 4.69) is 13.8 Å². The van der Waals surface area contributed by atoms with Crippen molar-refractivity contribution in [2.45, 2.75) is 40.5 Å². The largest absolute Gasteiger partial charge is 0.496 e. The number of benzene rings is 1. The molecule has 0 aliphatic heterocycles. The minimum Gasteiger partial charge on any atom is -0.496 e. The third kappa shape index (κ3) is 3.03. The molecule has 0 saturated heterocycles. The Labute approximate surface area is 109 Å². The molecule has 1 atom stereocenters. The predicted molar refractivity (Wildman–Crippen MR) is 72.3 cm³/mol. The van der Waals surface area contributed by atoms with Crippen molar-refractivity contribution >= 4 is 5.97 Å². The van der Waals surface area contributed by atoms with Gasteiger partial charge in [-0.3, -0.25) is 4.79 Å². The Hall–Kier alpha value is -1.51. The molecule has 1 unspecified atom stereocenters. The lowest BCUT2D eigenvalue weighted by Gasteiger charge is -2.16. The molecule has 0 amide bonds. The highest BCUT2D eigenvalue weighted by Gasteiger charge is 2.14. The molecule has 1 N–H and O–H groups in total. The summed E-state index contributed by atoms with van der Waals surface area (Å²) in [5, 5.41) is 8.92. The zero-order chi connectivity index (χ0) is 13.9. The van der Waals surface area contributed by atoms with Gasteiger partial charge in [0.25, 0.3) is 0 Å². The number of carboxylic acid groups (broad SMARTS) is 1. The zero-order valence-corrected chi connectivity index (χ0v) is 11.8. The van der Waals surface area contributed by atoms with Gasteiger partial charge in [0.2, 0.25) is 0 Å². The predicted octanol–water partition coefficient (Wildman–Crippen LogP) is 3.27. The van der Waals surface area contributed by atoms with E-state index < -0.39 is 5.97 Å². The molecule has 0 radical (unpaired) electrons. The molecular weight excluding hydrogens is 228 g/mol. The molecule has 0 heterocycles. The van der Waals surface area contributed by atoms with Gasteiger partial charge in [-0.05, 0) is 61.9 Å². The molecule has 3 heteroatoms. The summed E-state index contributed by atoms with van der Waals surface area (Å²) in [5.41, 5.74) is 4.78. The molecule has 100 valence electrons. The smallest absolute Gasteiger partial charge is 0.306 e. The Morgan fingerprint density at radius 3 is 2.44 bits per heavy atom. The Kier molecular flexibility index (Phi) is 4.76. The molecule has 0 aromatic heterocycles. The summed E-state index contributed by atoms with van der Waals surface area (Å²) in [7, 11) is 1.67. The lowest BCUT2D eigenvalue weighted by Crippen LogP contribution is -2.11. The van der Waals surface area contributed by atoms with E-state index in [9.17, 15) is 4.79 Å². The van der Waals surface area contributed by atoms with Gasteiger partial charge in [-0.15, -0.1) is 0 Å². The van der Waals surface area contributed by atoms with E-state index in [0.717, 1.165) is 17.7 Å². The molecule has 1 rings (SSSR count). The van der Waals surface area contributed by atoms with Crippen LogP contribution in [-0.4, -0.2) is 18.2 Å². The molecule has 0 saturated carbocycles. The number of methoxy groups -OCH3 is 1. The average molecular weight is 250 g/mol. The summed E-state index contributed by atoms with van der Waals surface area (Å²) in [6.07, 6.45) is 1.47. The molecule has 0 bridgehead atoms. The second-order valence-corrected chi connectivity index (χ2v) is 4.90. The molecule has 3 nitrogen and oxygen atoms in total. The van der Waals surface area contributed by atoms with Gasteiger partial charge in [-0.1, -0.05) is 6.92 Å². The summed E-state index contributed by atoms with van der Waals surface area (Å²) in [5.74, 6) is -0.123. The van der Waals surface area contributed by atoms with Crippen LogP contribution in [0.25, 0.3) is 0 Å². The van der Waals surface area contributed by atoms with Crippen LogP contribution in [0, 0.1) is 26.7 Å². The van der Waals surface area contributed by atoms with Crippen molar-refractivity contribution in [3.05, 3.63) is 28.3 Å². The van der Waals surface area contributed by atoms with E-state index in [1.807, 2.05) is 13.0 Å². The Balaban J connectivity index is 2.96. The highest BCUT2D eigenvalue weighted by molar-refractivity contribution is 5.69. The summed E-state index contributed by atoms with van der Waals surface area (Å²) in [6, 6.07) is 2.03. The number of carboxylic acids is 1.